The molecule has 27 heavy (non-hydrogen) atoms. The molecular formula is C21H27N3O3. The topological polar surface area (TPSA) is 73.2 Å². The Labute approximate surface area is 159 Å². The van der Waals surface area contributed by atoms with E-state index < -0.39 is 0 Å². The fraction of sp³-hybridized carbons (Fsp3) is 0.476. The number of nitrogens with one attached hydrogen (secondary N) is 1. The minimum Gasteiger partial charge on any atom is -0.383 e. The monoisotopic (exact) mass is 369 g/mol. The molecule has 1 amide bonds. The van der Waals surface area contributed by atoms with Gasteiger partial charge in [-0.3, -0.25) is 9.59 Å². The van der Waals surface area contributed by atoms with Gasteiger partial charge in [0.15, 0.2) is 0 Å². The Bertz CT molecular complexity index is 856. The molecule has 6 nitrogen and oxygen atoms in total. The van der Waals surface area contributed by atoms with Gasteiger partial charge in [0.25, 0.3) is 11.5 Å². The number of aryl methyl sites for hydroxylation is 1. The first kappa shape index (κ1) is 19.3. The first-order chi connectivity index (χ1) is 13.0. The smallest absolute Gasteiger partial charge is 0.267 e. The molecule has 144 valence electrons. The number of hydrogen-bond donors (Lipinski definition) is 1. The van der Waals surface area contributed by atoms with Gasteiger partial charge < -0.3 is 10.1 Å². The lowest BCUT2D eigenvalue weighted by Crippen LogP contribution is -2.40. The van der Waals surface area contributed by atoms with E-state index in [1.807, 2.05) is 24.3 Å². The van der Waals surface area contributed by atoms with Crippen molar-refractivity contribution in [1.82, 2.24) is 15.1 Å². The normalized spacial score (nSPS) is 16.2. The van der Waals surface area contributed by atoms with Gasteiger partial charge in [-0.1, -0.05) is 26.0 Å². The van der Waals surface area contributed by atoms with Crippen molar-refractivity contribution in [3.63, 3.8) is 0 Å². The average molecular weight is 369 g/mol. The van der Waals surface area contributed by atoms with Gasteiger partial charge in [0.2, 0.25) is 0 Å². The van der Waals surface area contributed by atoms with E-state index in [2.05, 4.69) is 24.3 Å². The lowest BCUT2D eigenvalue weighted by Gasteiger charge is -2.25. The van der Waals surface area contributed by atoms with Gasteiger partial charge in [0, 0.05) is 24.8 Å². The molecule has 1 aliphatic rings. The Balaban J connectivity index is 1.66. The van der Waals surface area contributed by atoms with Gasteiger partial charge in [-0.25, -0.2) is 4.68 Å². The van der Waals surface area contributed by atoms with E-state index in [0.717, 1.165) is 24.1 Å². The Kier molecular flexibility index (Phi) is 6.06. The van der Waals surface area contributed by atoms with Crippen molar-refractivity contribution < 1.29 is 9.53 Å². The van der Waals surface area contributed by atoms with E-state index in [1.54, 1.807) is 13.2 Å². The van der Waals surface area contributed by atoms with E-state index in [1.165, 1.54) is 10.2 Å². The number of nitrogens with zero attached hydrogens (tertiary/aromatic N) is 2. The second-order valence-electron chi connectivity index (χ2n) is 7.36. The number of ether oxygens (including phenoxy) is 1. The summed E-state index contributed by atoms with van der Waals surface area (Å²) in [5.41, 5.74) is 3.63. The molecule has 0 spiro atoms. The number of benzene rings is 1. The van der Waals surface area contributed by atoms with Crippen LogP contribution in [0.5, 0.6) is 0 Å². The molecule has 1 N–H and O–H groups in total. The van der Waals surface area contributed by atoms with Crippen LogP contribution in [-0.4, -0.2) is 35.4 Å². The Morgan fingerprint density at radius 3 is 2.74 bits per heavy atom. The van der Waals surface area contributed by atoms with Crippen LogP contribution in [0.1, 0.15) is 53.4 Å². The zero-order valence-electron chi connectivity index (χ0n) is 16.2. The predicted octanol–water partition coefficient (Wildman–Crippen LogP) is 2.30. The van der Waals surface area contributed by atoms with E-state index in [9.17, 15) is 9.59 Å². The third kappa shape index (κ3) is 4.63. The van der Waals surface area contributed by atoms with Crippen LogP contribution < -0.4 is 10.9 Å². The second-order valence-corrected chi connectivity index (χ2v) is 7.36. The number of rotatable bonds is 6. The highest BCUT2D eigenvalue weighted by atomic mass is 16.5. The Morgan fingerprint density at radius 2 is 2.07 bits per heavy atom. The molecule has 3 rings (SSSR count). The second kappa shape index (κ2) is 8.48. The Hall–Kier alpha value is -2.47. The number of hydrogen-bond acceptors (Lipinski definition) is 4. The SMILES string of the molecule is COCCn1nc2c(cc1=O)CC(NC(=O)c1ccc(C(C)C)cc1)CC2. The summed E-state index contributed by atoms with van der Waals surface area (Å²) in [7, 11) is 1.60. The number of carbonyl (C=O) groups excluding carboxylic acids is 1. The van der Waals surface area contributed by atoms with Gasteiger partial charge in [-0.15, -0.1) is 0 Å². The molecule has 1 aliphatic carbocycles. The van der Waals surface area contributed by atoms with Crippen LogP contribution in [0.25, 0.3) is 0 Å². The highest BCUT2D eigenvalue weighted by Gasteiger charge is 2.23. The summed E-state index contributed by atoms with van der Waals surface area (Å²) in [5.74, 6) is 0.373. The molecule has 2 aromatic rings. The molecule has 1 aromatic carbocycles. The van der Waals surface area contributed by atoms with Crippen molar-refractivity contribution in [3.05, 3.63) is 63.1 Å². The summed E-state index contributed by atoms with van der Waals surface area (Å²) >= 11 is 0. The van der Waals surface area contributed by atoms with E-state index in [-0.39, 0.29) is 17.5 Å². The summed E-state index contributed by atoms with van der Waals surface area (Å²) in [6.45, 7) is 5.17. The zero-order chi connectivity index (χ0) is 19.4. The molecule has 1 aromatic heterocycles. The fourth-order valence-corrected chi connectivity index (χ4v) is 3.38. The molecule has 1 atom stereocenters. The standard InChI is InChI=1S/C21H27N3O3/c1-14(2)15-4-6-16(7-5-15)21(26)22-18-8-9-19-17(12-18)13-20(25)24(23-19)10-11-27-3/h4-7,13-14,18H,8-12H2,1-3H3,(H,22,26). The molecule has 0 saturated heterocycles. The average Bonchev–Trinajstić information content (AvgIpc) is 2.66. The van der Waals surface area contributed by atoms with Crippen LogP contribution in [0.3, 0.4) is 0 Å². The number of carbonyl (C=O) groups is 1. The molecule has 0 aliphatic heterocycles. The molecule has 1 unspecified atom stereocenters. The van der Waals surface area contributed by atoms with Crippen LogP contribution in [0, 0.1) is 0 Å². The minimum absolute atomic E-state index is 0.0193. The number of aromatic nitrogens is 2. The molecule has 0 radical (unpaired) electrons. The molecule has 6 heteroatoms. The van der Waals surface area contributed by atoms with Crippen molar-refractivity contribution in [2.75, 3.05) is 13.7 Å². The van der Waals surface area contributed by atoms with Gasteiger partial charge in [-0.05, 0) is 48.4 Å². The van der Waals surface area contributed by atoms with Crippen LogP contribution in [0.4, 0.5) is 0 Å². The molecule has 0 bridgehead atoms. The molecule has 0 fully saturated rings. The van der Waals surface area contributed by atoms with E-state index in [0.29, 0.717) is 31.1 Å². The molecular weight excluding hydrogens is 342 g/mol. The van der Waals surface area contributed by atoms with Gasteiger partial charge in [0.05, 0.1) is 18.8 Å². The predicted molar refractivity (Wildman–Crippen MR) is 104 cm³/mol. The largest absolute Gasteiger partial charge is 0.383 e. The van der Waals surface area contributed by atoms with Crippen LogP contribution in [-0.2, 0) is 24.1 Å². The quantitative estimate of drug-likeness (QED) is 0.848. The summed E-state index contributed by atoms with van der Waals surface area (Å²) in [4.78, 5) is 24.7. The van der Waals surface area contributed by atoms with Crippen LogP contribution in [0.2, 0.25) is 0 Å². The van der Waals surface area contributed by atoms with Crippen LogP contribution in [0.15, 0.2) is 35.1 Å². The van der Waals surface area contributed by atoms with E-state index in [4.69, 9.17) is 4.74 Å². The first-order valence-corrected chi connectivity index (χ1v) is 9.47. The fourth-order valence-electron chi connectivity index (χ4n) is 3.38. The maximum Gasteiger partial charge on any atom is 0.267 e. The number of fused-ring (bicyclic) bond motifs is 1. The third-order valence-corrected chi connectivity index (χ3v) is 5.04. The van der Waals surface area contributed by atoms with Crippen molar-refractivity contribution >= 4 is 5.91 Å². The number of methoxy groups -OCH3 is 1. The maximum absolute atomic E-state index is 12.5. The van der Waals surface area contributed by atoms with Gasteiger partial charge in [-0.2, -0.15) is 5.10 Å². The lowest BCUT2D eigenvalue weighted by molar-refractivity contribution is 0.0933. The number of amides is 1. The zero-order valence-corrected chi connectivity index (χ0v) is 16.2. The van der Waals surface area contributed by atoms with Crippen molar-refractivity contribution in [3.8, 4) is 0 Å². The summed E-state index contributed by atoms with van der Waals surface area (Å²) in [6, 6.07) is 9.42. The van der Waals surface area contributed by atoms with Crippen molar-refractivity contribution in [2.24, 2.45) is 0 Å². The summed E-state index contributed by atoms with van der Waals surface area (Å²) in [5, 5.41) is 7.56. The van der Waals surface area contributed by atoms with Crippen LogP contribution >= 0.6 is 0 Å². The van der Waals surface area contributed by atoms with Gasteiger partial charge in [0.1, 0.15) is 0 Å². The summed E-state index contributed by atoms with van der Waals surface area (Å²) in [6.07, 6.45) is 2.20. The van der Waals surface area contributed by atoms with E-state index >= 15 is 0 Å². The van der Waals surface area contributed by atoms with Gasteiger partial charge >= 0.3 is 0 Å². The first-order valence-electron chi connectivity index (χ1n) is 9.47. The van der Waals surface area contributed by atoms with Crippen molar-refractivity contribution in [2.45, 2.75) is 51.6 Å². The highest BCUT2D eigenvalue weighted by molar-refractivity contribution is 5.94. The summed E-state index contributed by atoms with van der Waals surface area (Å²) < 4.78 is 6.48. The third-order valence-electron chi connectivity index (χ3n) is 5.04. The minimum atomic E-state index is -0.123. The molecule has 1 heterocycles. The highest BCUT2D eigenvalue weighted by Crippen LogP contribution is 2.19. The van der Waals surface area contributed by atoms with Crippen molar-refractivity contribution in [1.29, 1.82) is 0 Å². The Morgan fingerprint density at radius 1 is 1.33 bits per heavy atom. The lowest BCUT2D eigenvalue weighted by atomic mass is 9.92. The molecule has 0 saturated carbocycles. The maximum atomic E-state index is 12.5.